The molecule has 0 aliphatic carbocycles. The first-order valence-corrected chi connectivity index (χ1v) is 6.60. The van der Waals surface area contributed by atoms with Gasteiger partial charge in [-0.2, -0.15) is 4.68 Å². The third kappa shape index (κ3) is 2.98. The fraction of sp³-hybridized carbons (Fsp3) is 0.0667. The lowest BCUT2D eigenvalue weighted by Gasteiger charge is -2.06. The quantitative estimate of drug-likeness (QED) is 0.796. The molecule has 6 nitrogen and oxygen atoms in total. The SMILES string of the molecule is O=C(NCc1nnnn1-c1ccc(F)cc1)c1ccccc1. The monoisotopic (exact) mass is 297 g/mol. The average molecular weight is 297 g/mol. The zero-order valence-electron chi connectivity index (χ0n) is 11.5. The van der Waals surface area contributed by atoms with E-state index in [2.05, 4.69) is 20.8 Å². The van der Waals surface area contributed by atoms with E-state index in [4.69, 9.17) is 0 Å². The molecule has 0 saturated heterocycles. The highest BCUT2D eigenvalue weighted by molar-refractivity contribution is 5.93. The van der Waals surface area contributed by atoms with Crippen molar-refractivity contribution in [3.8, 4) is 5.69 Å². The number of nitrogens with one attached hydrogen (secondary N) is 1. The molecule has 110 valence electrons. The van der Waals surface area contributed by atoms with Crippen LogP contribution in [0.25, 0.3) is 5.69 Å². The Balaban J connectivity index is 1.73. The molecular formula is C15H12FN5O. The summed E-state index contributed by atoms with van der Waals surface area (Å²) in [6.45, 7) is 0.165. The summed E-state index contributed by atoms with van der Waals surface area (Å²) in [5, 5.41) is 14.1. The minimum absolute atomic E-state index is 0.165. The molecule has 0 saturated carbocycles. The van der Waals surface area contributed by atoms with Gasteiger partial charge in [0.15, 0.2) is 5.82 Å². The molecule has 0 fully saturated rings. The minimum Gasteiger partial charge on any atom is -0.345 e. The number of hydrogen-bond donors (Lipinski definition) is 1. The van der Waals surface area contributed by atoms with E-state index in [-0.39, 0.29) is 18.3 Å². The molecule has 0 aliphatic heterocycles. The summed E-state index contributed by atoms with van der Waals surface area (Å²) < 4.78 is 14.4. The lowest BCUT2D eigenvalue weighted by molar-refractivity contribution is 0.0949. The van der Waals surface area contributed by atoms with Crippen LogP contribution >= 0.6 is 0 Å². The first-order chi connectivity index (χ1) is 10.7. The second kappa shape index (κ2) is 6.13. The molecule has 0 aliphatic rings. The molecule has 3 aromatic rings. The fourth-order valence-corrected chi connectivity index (χ4v) is 1.95. The maximum Gasteiger partial charge on any atom is 0.251 e. The molecule has 0 atom stereocenters. The maximum absolute atomic E-state index is 13.0. The van der Waals surface area contributed by atoms with Crippen LogP contribution in [0.2, 0.25) is 0 Å². The summed E-state index contributed by atoms with van der Waals surface area (Å²) in [6.07, 6.45) is 0. The summed E-state index contributed by atoms with van der Waals surface area (Å²) in [4.78, 5) is 12.0. The van der Waals surface area contributed by atoms with Gasteiger partial charge in [0.1, 0.15) is 5.82 Å². The topological polar surface area (TPSA) is 72.7 Å². The zero-order chi connectivity index (χ0) is 15.4. The van der Waals surface area contributed by atoms with Crippen molar-refractivity contribution in [1.29, 1.82) is 0 Å². The molecule has 7 heteroatoms. The van der Waals surface area contributed by atoms with Gasteiger partial charge >= 0.3 is 0 Å². The Morgan fingerprint density at radius 3 is 2.55 bits per heavy atom. The van der Waals surface area contributed by atoms with E-state index in [9.17, 15) is 9.18 Å². The number of nitrogens with zero attached hydrogens (tertiary/aromatic N) is 4. The smallest absolute Gasteiger partial charge is 0.251 e. The van der Waals surface area contributed by atoms with Crippen molar-refractivity contribution in [2.75, 3.05) is 0 Å². The van der Waals surface area contributed by atoms with Crippen LogP contribution in [-0.2, 0) is 6.54 Å². The number of tetrazole rings is 1. The van der Waals surface area contributed by atoms with Gasteiger partial charge in [-0.05, 0) is 46.8 Å². The van der Waals surface area contributed by atoms with Gasteiger partial charge in [0, 0.05) is 5.56 Å². The molecule has 22 heavy (non-hydrogen) atoms. The number of benzene rings is 2. The standard InChI is InChI=1S/C15H12FN5O/c16-12-6-8-13(9-7-12)21-14(18-19-20-21)10-17-15(22)11-4-2-1-3-5-11/h1-9H,10H2,(H,17,22). The van der Waals surface area contributed by atoms with Crippen LogP contribution in [0.3, 0.4) is 0 Å². The van der Waals surface area contributed by atoms with Gasteiger partial charge in [-0.25, -0.2) is 4.39 Å². The van der Waals surface area contributed by atoms with E-state index < -0.39 is 0 Å². The Labute approximate surface area is 125 Å². The van der Waals surface area contributed by atoms with Crippen molar-refractivity contribution in [2.24, 2.45) is 0 Å². The van der Waals surface area contributed by atoms with Gasteiger partial charge in [-0.3, -0.25) is 4.79 Å². The Hall–Kier alpha value is -3.09. The van der Waals surface area contributed by atoms with Crippen molar-refractivity contribution in [1.82, 2.24) is 25.5 Å². The van der Waals surface area contributed by atoms with Crippen LogP contribution in [0.15, 0.2) is 54.6 Å². The molecule has 1 heterocycles. The number of hydrogen-bond acceptors (Lipinski definition) is 4. The molecule has 1 N–H and O–H groups in total. The van der Waals surface area contributed by atoms with Crippen LogP contribution in [0.1, 0.15) is 16.2 Å². The highest BCUT2D eigenvalue weighted by atomic mass is 19.1. The predicted octanol–water partition coefficient (Wildman–Crippen LogP) is 1.73. The largest absolute Gasteiger partial charge is 0.345 e. The minimum atomic E-state index is -0.337. The Kier molecular flexibility index (Phi) is 3.86. The molecule has 0 spiro atoms. The van der Waals surface area contributed by atoms with Crippen LogP contribution in [0.5, 0.6) is 0 Å². The number of carbonyl (C=O) groups is 1. The van der Waals surface area contributed by atoms with Gasteiger partial charge < -0.3 is 5.32 Å². The fourth-order valence-electron chi connectivity index (χ4n) is 1.95. The van der Waals surface area contributed by atoms with E-state index in [0.29, 0.717) is 17.1 Å². The van der Waals surface area contributed by atoms with Crippen molar-refractivity contribution in [2.45, 2.75) is 6.54 Å². The summed E-state index contributed by atoms with van der Waals surface area (Å²) in [7, 11) is 0. The first-order valence-electron chi connectivity index (χ1n) is 6.60. The van der Waals surface area contributed by atoms with Gasteiger partial charge in [0.2, 0.25) is 0 Å². The second-order valence-corrected chi connectivity index (χ2v) is 4.53. The third-order valence-electron chi connectivity index (χ3n) is 3.05. The number of carbonyl (C=O) groups excluding carboxylic acids is 1. The van der Waals surface area contributed by atoms with E-state index >= 15 is 0 Å². The lowest BCUT2D eigenvalue weighted by Crippen LogP contribution is -2.24. The third-order valence-corrected chi connectivity index (χ3v) is 3.05. The van der Waals surface area contributed by atoms with Crippen molar-refractivity contribution in [3.05, 3.63) is 71.8 Å². The molecular weight excluding hydrogens is 285 g/mol. The van der Waals surface area contributed by atoms with Crippen molar-refractivity contribution >= 4 is 5.91 Å². The Bertz CT molecular complexity index is 770. The number of aromatic nitrogens is 4. The van der Waals surface area contributed by atoms with Gasteiger partial charge in [-0.15, -0.1) is 5.10 Å². The van der Waals surface area contributed by atoms with Crippen LogP contribution in [0, 0.1) is 5.82 Å². The van der Waals surface area contributed by atoms with Gasteiger partial charge in [0.25, 0.3) is 5.91 Å². The molecule has 1 aromatic heterocycles. The number of halogens is 1. The van der Waals surface area contributed by atoms with Crippen molar-refractivity contribution in [3.63, 3.8) is 0 Å². The summed E-state index contributed by atoms with van der Waals surface area (Å²) in [5.74, 6) is -0.0964. The summed E-state index contributed by atoms with van der Waals surface area (Å²) in [5.41, 5.74) is 1.18. The highest BCUT2D eigenvalue weighted by Crippen LogP contribution is 2.09. The Morgan fingerprint density at radius 2 is 1.82 bits per heavy atom. The van der Waals surface area contributed by atoms with Crippen LogP contribution < -0.4 is 5.32 Å². The zero-order valence-corrected chi connectivity index (χ0v) is 11.5. The molecule has 0 unspecified atom stereocenters. The van der Waals surface area contributed by atoms with E-state index in [0.717, 1.165) is 0 Å². The highest BCUT2D eigenvalue weighted by Gasteiger charge is 2.10. The predicted molar refractivity (Wildman–Crippen MR) is 76.7 cm³/mol. The Morgan fingerprint density at radius 1 is 1.09 bits per heavy atom. The van der Waals surface area contributed by atoms with Gasteiger partial charge in [-0.1, -0.05) is 18.2 Å². The van der Waals surface area contributed by atoms with E-state index in [1.54, 1.807) is 36.4 Å². The molecule has 0 radical (unpaired) electrons. The van der Waals surface area contributed by atoms with Crippen LogP contribution in [-0.4, -0.2) is 26.1 Å². The van der Waals surface area contributed by atoms with Gasteiger partial charge in [0.05, 0.1) is 12.2 Å². The molecule has 0 bridgehead atoms. The average Bonchev–Trinajstić information content (AvgIpc) is 3.02. The number of rotatable bonds is 4. The van der Waals surface area contributed by atoms with E-state index in [1.807, 2.05) is 6.07 Å². The molecule has 3 rings (SSSR count). The van der Waals surface area contributed by atoms with E-state index in [1.165, 1.54) is 16.8 Å². The van der Waals surface area contributed by atoms with Crippen molar-refractivity contribution < 1.29 is 9.18 Å². The second-order valence-electron chi connectivity index (χ2n) is 4.53. The summed E-state index contributed by atoms with van der Waals surface area (Å²) in [6, 6.07) is 14.6. The normalized spacial score (nSPS) is 10.4. The number of amides is 1. The lowest BCUT2D eigenvalue weighted by atomic mass is 10.2. The maximum atomic E-state index is 13.0. The first kappa shape index (κ1) is 13.9. The van der Waals surface area contributed by atoms with Crippen LogP contribution in [0.4, 0.5) is 4.39 Å². The molecule has 1 amide bonds. The summed E-state index contributed by atoms with van der Waals surface area (Å²) >= 11 is 0. The molecule has 2 aromatic carbocycles.